The van der Waals surface area contributed by atoms with Crippen LogP contribution >= 0.6 is 12.4 Å². The number of hydrogen-bond acceptors (Lipinski definition) is 3. The maximum Gasteiger partial charge on any atom is 0.226 e. The van der Waals surface area contributed by atoms with E-state index in [1.54, 1.807) is 7.05 Å². The van der Waals surface area contributed by atoms with Gasteiger partial charge < -0.3 is 15.5 Å². The highest BCUT2D eigenvalue weighted by Gasteiger charge is 2.31. The van der Waals surface area contributed by atoms with Crippen molar-refractivity contribution in [2.24, 2.45) is 11.8 Å². The Labute approximate surface area is 120 Å². The van der Waals surface area contributed by atoms with Gasteiger partial charge in [0.2, 0.25) is 11.8 Å². The Morgan fingerprint density at radius 2 is 1.95 bits per heavy atom. The molecule has 110 valence electrons. The standard InChI is InChI=1S/C13H23N3O2.ClH/c1-14-12(17)11-5-3-7-16(9-11)13(18)10-4-2-6-15-8-10;/h10-11,15H,2-9H2,1H3,(H,14,17);1H. The zero-order valence-electron chi connectivity index (χ0n) is 11.5. The summed E-state index contributed by atoms with van der Waals surface area (Å²) in [5.41, 5.74) is 0. The molecule has 2 amide bonds. The molecule has 6 heteroatoms. The van der Waals surface area contributed by atoms with Crippen LogP contribution in [0.3, 0.4) is 0 Å². The van der Waals surface area contributed by atoms with E-state index >= 15 is 0 Å². The topological polar surface area (TPSA) is 61.4 Å². The summed E-state index contributed by atoms with van der Waals surface area (Å²) in [4.78, 5) is 25.9. The van der Waals surface area contributed by atoms with Crippen molar-refractivity contribution in [3.8, 4) is 0 Å². The average Bonchev–Trinajstić information content (AvgIpc) is 2.46. The molecule has 2 rings (SSSR count). The monoisotopic (exact) mass is 289 g/mol. The molecular formula is C13H24ClN3O2. The number of likely N-dealkylation sites (tertiary alicyclic amines) is 1. The summed E-state index contributed by atoms with van der Waals surface area (Å²) in [5.74, 6) is 0.386. The third kappa shape index (κ3) is 4.08. The Morgan fingerprint density at radius 1 is 1.21 bits per heavy atom. The number of carbonyl (C=O) groups excluding carboxylic acids is 2. The third-order valence-electron chi connectivity index (χ3n) is 4.00. The fraction of sp³-hybridized carbons (Fsp3) is 0.846. The van der Waals surface area contributed by atoms with Crippen LogP contribution in [-0.2, 0) is 9.59 Å². The predicted octanol–water partition coefficient (Wildman–Crippen LogP) is 0.392. The number of amides is 2. The zero-order chi connectivity index (χ0) is 13.0. The van der Waals surface area contributed by atoms with Crippen molar-refractivity contribution >= 4 is 24.2 Å². The Hall–Kier alpha value is -0.810. The molecule has 0 radical (unpaired) electrons. The molecule has 2 atom stereocenters. The Bertz CT molecular complexity index is 319. The third-order valence-corrected chi connectivity index (χ3v) is 4.00. The largest absolute Gasteiger partial charge is 0.359 e. The smallest absolute Gasteiger partial charge is 0.226 e. The van der Waals surface area contributed by atoms with Gasteiger partial charge in [0.25, 0.3) is 0 Å². The number of halogens is 1. The van der Waals surface area contributed by atoms with Gasteiger partial charge in [-0.25, -0.2) is 0 Å². The maximum atomic E-state index is 12.4. The lowest BCUT2D eigenvalue weighted by Gasteiger charge is -2.35. The van der Waals surface area contributed by atoms with E-state index in [2.05, 4.69) is 10.6 Å². The highest BCUT2D eigenvalue weighted by molar-refractivity contribution is 5.85. The number of piperidine rings is 2. The van der Waals surface area contributed by atoms with Gasteiger partial charge >= 0.3 is 0 Å². The predicted molar refractivity (Wildman–Crippen MR) is 76.2 cm³/mol. The Balaban J connectivity index is 0.00000180. The van der Waals surface area contributed by atoms with E-state index in [0.29, 0.717) is 6.54 Å². The molecular weight excluding hydrogens is 266 g/mol. The summed E-state index contributed by atoms with van der Waals surface area (Å²) >= 11 is 0. The van der Waals surface area contributed by atoms with Gasteiger partial charge in [-0.15, -0.1) is 12.4 Å². The van der Waals surface area contributed by atoms with Crippen molar-refractivity contribution < 1.29 is 9.59 Å². The van der Waals surface area contributed by atoms with Crippen LogP contribution in [0.2, 0.25) is 0 Å². The maximum absolute atomic E-state index is 12.4. The molecule has 0 aromatic carbocycles. The van der Waals surface area contributed by atoms with Gasteiger partial charge in [-0.05, 0) is 32.2 Å². The van der Waals surface area contributed by atoms with Crippen LogP contribution in [0.1, 0.15) is 25.7 Å². The van der Waals surface area contributed by atoms with Crippen molar-refractivity contribution in [3.05, 3.63) is 0 Å². The molecule has 0 spiro atoms. The van der Waals surface area contributed by atoms with E-state index in [0.717, 1.165) is 45.3 Å². The molecule has 2 heterocycles. The quantitative estimate of drug-likeness (QED) is 0.773. The van der Waals surface area contributed by atoms with Crippen LogP contribution in [0.15, 0.2) is 0 Å². The van der Waals surface area contributed by atoms with E-state index < -0.39 is 0 Å². The fourth-order valence-electron chi connectivity index (χ4n) is 2.92. The van der Waals surface area contributed by atoms with Crippen LogP contribution in [0.5, 0.6) is 0 Å². The summed E-state index contributed by atoms with van der Waals surface area (Å²) in [6, 6.07) is 0. The Kier molecular flexibility index (Phi) is 6.58. The van der Waals surface area contributed by atoms with Gasteiger partial charge in [-0.1, -0.05) is 0 Å². The van der Waals surface area contributed by atoms with Gasteiger partial charge in [0, 0.05) is 26.7 Å². The minimum Gasteiger partial charge on any atom is -0.359 e. The molecule has 2 aliphatic heterocycles. The molecule has 0 bridgehead atoms. The van der Waals surface area contributed by atoms with E-state index in [-0.39, 0.29) is 36.1 Å². The summed E-state index contributed by atoms with van der Waals surface area (Å²) in [6.45, 7) is 3.21. The molecule has 2 unspecified atom stereocenters. The average molecular weight is 290 g/mol. The molecule has 5 nitrogen and oxygen atoms in total. The van der Waals surface area contributed by atoms with Crippen molar-refractivity contribution in [2.45, 2.75) is 25.7 Å². The fourth-order valence-corrected chi connectivity index (χ4v) is 2.92. The highest BCUT2D eigenvalue weighted by Crippen LogP contribution is 2.21. The summed E-state index contributed by atoms with van der Waals surface area (Å²) in [7, 11) is 1.66. The van der Waals surface area contributed by atoms with Crippen molar-refractivity contribution in [1.29, 1.82) is 0 Å². The van der Waals surface area contributed by atoms with Crippen LogP contribution in [0.4, 0.5) is 0 Å². The normalized spacial score (nSPS) is 27.3. The molecule has 0 aromatic rings. The first kappa shape index (κ1) is 16.2. The highest BCUT2D eigenvalue weighted by atomic mass is 35.5. The molecule has 0 aliphatic carbocycles. The minimum absolute atomic E-state index is 0. The second-order valence-electron chi connectivity index (χ2n) is 5.28. The number of carbonyl (C=O) groups is 2. The Morgan fingerprint density at radius 3 is 2.58 bits per heavy atom. The number of nitrogens with zero attached hydrogens (tertiary/aromatic N) is 1. The van der Waals surface area contributed by atoms with Crippen LogP contribution in [0, 0.1) is 11.8 Å². The molecule has 0 aromatic heterocycles. The first-order chi connectivity index (χ1) is 8.72. The van der Waals surface area contributed by atoms with Crippen molar-refractivity contribution in [1.82, 2.24) is 15.5 Å². The van der Waals surface area contributed by atoms with Gasteiger partial charge in [-0.2, -0.15) is 0 Å². The lowest BCUT2D eigenvalue weighted by molar-refractivity contribution is -0.139. The van der Waals surface area contributed by atoms with Gasteiger partial charge in [0.15, 0.2) is 0 Å². The molecule has 2 N–H and O–H groups in total. The summed E-state index contributed by atoms with van der Waals surface area (Å²) < 4.78 is 0. The molecule has 0 saturated carbocycles. The number of hydrogen-bond donors (Lipinski definition) is 2. The van der Waals surface area contributed by atoms with E-state index in [9.17, 15) is 9.59 Å². The minimum atomic E-state index is -0.0238. The van der Waals surface area contributed by atoms with E-state index in [4.69, 9.17) is 0 Å². The van der Waals surface area contributed by atoms with Gasteiger partial charge in [-0.3, -0.25) is 9.59 Å². The van der Waals surface area contributed by atoms with Gasteiger partial charge in [0.05, 0.1) is 11.8 Å². The first-order valence-electron chi connectivity index (χ1n) is 6.93. The molecule has 19 heavy (non-hydrogen) atoms. The first-order valence-corrected chi connectivity index (χ1v) is 6.93. The molecule has 2 saturated heterocycles. The second kappa shape index (κ2) is 7.70. The van der Waals surface area contributed by atoms with Gasteiger partial charge in [0.1, 0.15) is 0 Å². The number of nitrogens with one attached hydrogen (secondary N) is 2. The summed E-state index contributed by atoms with van der Waals surface area (Å²) in [6.07, 6.45) is 3.88. The molecule has 2 fully saturated rings. The SMILES string of the molecule is CNC(=O)C1CCCN(C(=O)C2CCCNC2)C1.Cl. The summed E-state index contributed by atoms with van der Waals surface area (Å²) in [5, 5.41) is 5.96. The lowest BCUT2D eigenvalue weighted by Crippen LogP contribution is -2.49. The molecule has 2 aliphatic rings. The van der Waals surface area contributed by atoms with Crippen LogP contribution in [0.25, 0.3) is 0 Å². The zero-order valence-corrected chi connectivity index (χ0v) is 12.3. The number of rotatable bonds is 2. The second-order valence-corrected chi connectivity index (χ2v) is 5.28. The lowest BCUT2D eigenvalue weighted by atomic mass is 9.93. The van der Waals surface area contributed by atoms with Crippen LogP contribution < -0.4 is 10.6 Å². The van der Waals surface area contributed by atoms with Crippen molar-refractivity contribution in [2.75, 3.05) is 33.2 Å². The van der Waals surface area contributed by atoms with E-state index in [1.807, 2.05) is 4.90 Å². The van der Waals surface area contributed by atoms with E-state index in [1.165, 1.54) is 0 Å². The van der Waals surface area contributed by atoms with Crippen LogP contribution in [-0.4, -0.2) is 49.9 Å². The van der Waals surface area contributed by atoms with Crippen molar-refractivity contribution in [3.63, 3.8) is 0 Å².